The summed E-state index contributed by atoms with van der Waals surface area (Å²) in [4.78, 5) is 110. The van der Waals surface area contributed by atoms with Crippen LogP contribution < -0.4 is 15.4 Å². The minimum absolute atomic E-state index is 0. The maximum atomic E-state index is 14.1. The summed E-state index contributed by atoms with van der Waals surface area (Å²) >= 11 is 0. The third kappa shape index (κ3) is 14.4. The van der Waals surface area contributed by atoms with Gasteiger partial charge >= 0.3 is 11.9 Å². The molecule has 5 atom stereocenters. The first-order valence-electron chi connectivity index (χ1n) is 19.1. The van der Waals surface area contributed by atoms with Crippen LogP contribution in [0, 0.1) is 41.2 Å². The topological polar surface area (TPSA) is 201 Å². The van der Waals surface area contributed by atoms with Crippen molar-refractivity contribution in [3.8, 4) is 5.75 Å². The number of fused-ring (bicyclic) bond motifs is 1. The minimum atomic E-state index is -1.43. The van der Waals surface area contributed by atoms with Crippen molar-refractivity contribution < 1.29 is 61.3 Å². The van der Waals surface area contributed by atoms with Crippen LogP contribution in [0.25, 0.3) is 10.9 Å². The van der Waals surface area contributed by atoms with Crippen LogP contribution in [0.1, 0.15) is 84.6 Å². The van der Waals surface area contributed by atoms with E-state index in [1.165, 1.54) is 6.92 Å². The molecule has 0 fully saturated rings. The lowest BCUT2D eigenvalue weighted by molar-refractivity contribution is -0.145. The summed E-state index contributed by atoms with van der Waals surface area (Å²) in [5.41, 5.74) is 0.772. The molecule has 0 aliphatic heterocycles. The molecule has 2 amide bonds. The van der Waals surface area contributed by atoms with Gasteiger partial charge in [0.25, 0.3) is 0 Å². The predicted molar refractivity (Wildman–Crippen MR) is 216 cm³/mol. The molecule has 3 aromatic rings. The molecule has 3 rings (SSSR count). The number of ether oxygens (including phenoxy) is 3. The van der Waals surface area contributed by atoms with E-state index in [1.807, 2.05) is 12.1 Å². The van der Waals surface area contributed by atoms with E-state index in [4.69, 9.17) is 9.47 Å². The van der Waals surface area contributed by atoms with Gasteiger partial charge in [-0.25, -0.2) is 13.8 Å². The summed E-state index contributed by atoms with van der Waals surface area (Å²) in [5.74, 6) is -12.7. The van der Waals surface area contributed by atoms with Gasteiger partial charge in [0.05, 0.1) is 44.7 Å². The molecule has 0 radical (unpaired) electrons. The third-order valence-electron chi connectivity index (χ3n) is 9.96. The zero-order chi connectivity index (χ0) is 44.0. The molecule has 0 aliphatic carbocycles. The molecular formula is C44H55F2N3O11. The number of carbonyl (C=O) groups excluding carboxylic acids is 8. The summed E-state index contributed by atoms with van der Waals surface area (Å²) in [5, 5.41) is 5.98. The number of Topliss-reactive ketones (excluding diaryl/α,β-unsaturated/α-hetero) is 4. The molecule has 0 spiro atoms. The number of pyridine rings is 1. The Hall–Kier alpha value is -5.93. The molecular weight excluding hydrogens is 784 g/mol. The molecule has 2 N–H and O–H groups in total. The lowest BCUT2D eigenvalue weighted by Gasteiger charge is -2.26. The fourth-order valence-electron chi connectivity index (χ4n) is 6.21. The summed E-state index contributed by atoms with van der Waals surface area (Å²) in [7, 11) is 2.18. The van der Waals surface area contributed by atoms with E-state index in [-0.39, 0.29) is 25.5 Å². The van der Waals surface area contributed by atoms with Gasteiger partial charge in [-0.3, -0.25) is 38.4 Å². The van der Waals surface area contributed by atoms with Gasteiger partial charge in [0.2, 0.25) is 11.8 Å². The van der Waals surface area contributed by atoms with Gasteiger partial charge in [-0.15, -0.1) is 0 Å². The van der Waals surface area contributed by atoms with E-state index in [9.17, 15) is 47.1 Å². The Balaban J connectivity index is 0.0000124. The monoisotopic (exact) mass is 839 g/mol. The highest BCUT2D eigenvalue weighted by Gasteiger charge is 2.35. The number of methoxy groups -OCH3 is 2. The molecule has 0 saturated heterocycles. The fraction of sp³-hybridized carbons (Fsp3) is 0.477. The molecule has 0 saturated carbocycles. The van der Waals surface area contributed by atoms with E-state index in [1.54, 1.807) is 52.0 Å². The normalized spacial score (nSPS) is 13.5. The zero-order valence-corrected chi connectivity index (χ0v) is 34.2. The van der Waals surface area contributed by atoms with Crippen LogP contribution in [0.4, 0.5) is 8.78 Å². The molecule has 0 bridgehead atoms. The lowest BCUT2D eigenvalue weighted by Crippen LogP contribution is -2.49. The number of para-hydroxylation sites is 2. The van der Waals surface area contributed by atoms with Gasteiger partial charge < -0.3 is 24.8 Å². The van der Waals surface area contributed by atoms with E-state index in [2.05, 4.69) is 20.4 Å². The number of hydrogen-bond acceptors (Lipinski definition) is 12. The molecule has 1 aromatic heterocycles. The number of nitrogens with zero attached hydrogens (tertiary/aromatic N) is 1. The number of rotatable bonds is 23. The van der Waals surface area contributed by atoms with E-state index in [0.717, 1.165) is 37.8 Å². The summed E-state index contributed by atoms with van der Waals surface area (Å²) < 4.78 is 42.6. The number of halogens is 2. The Labute approximate surface area is 348 Å². The van der Waals surface area contributed by atoms with Crippen molar-refractivity contribution in [1.82, 2.24) is 15.6 Å². The van der Waals surface area contributed by atoms with Crippen LogP contribution in [0.3, 0.4) is 0 Å². The second-order valence-electron chi connectivity index (χ2n) is 14.9. The molecule has 0 unspecified atom stereocenters. The Kier molecular flexibility index (Phi) is 19.8. The van der Waals surface area contributed by atoms with Crippen molar-refractivity contribution in [2.75, 3.05) is 20.8 Å². The summed E-state index contributed by atoms with van der Waals surface area (Å²) in [6.45, 7) is 7.25. The van der Waals surface area contributed by atoms with Gasteiger partial charge in [0.15, 0.2) is 40.5 Å². The van der Waals surface area contributed by atoms with Gasteiger partial charge in [-0.05, 0) is 43.0 Å². The van der Waals surface area contributed by atoms with E-state index >= 15 is 0 Å². The lowest BCUT2D eigenvalue weighted by atomic mass is 9.86. The number of nitrogens with one attached hydrogen (secondary N) is 2. The quantitative estimate of drug-likeness (QED) is 0.0891. The second-order valence-corrected chi connectivity index (χ2v) is 14.9. The van der Waals surface area contributed by atoms with Crippen molar-refractivity contribution in [3.05, 3.63) is 71.9 Å². The Morgan fingerprint density at radius 2 is 1.20 bits per heavy atom. The predicted octanol–water partition coefficient (Wildman–Crippen LogP) is 5.56. The molecule has 0 aliphatic rings. The maximum Gasteiger partial charge on any atom is 0.308 e. The van der Waals surface area contributed by atoms with Gasteiger partial charge in [0.1, 0.15) is 12.3 Å². The highest BCUT2D eigenvalue weighted by molar-refractivity contribution is 6.00. The van der Waals surface area contributed by atoms with Crippen molar-refractivity contribution >= 4 is 57.8 Å². The van der Waals surface area contributed by atoms with Crippen LogP contribution in [0.15, 0.2) is 54.6 Å². The number of carbonyl (C=O) groups is 8. The molecule has 16 heteroatoms. The van der Waals surface area contributed by atoms with Crippen molar-refractivity contribution in [3.63, 3.8) is 0 Å². The average molecular weight is 840 g/mol. The van der Waals surface area contributed by atoms with Crippen LogP contribution in [0.2, 0.25) is 0 Å². The molecule has 60 heavy (non-hydrogen) atoms. The number of esters is 2. The van der Waals surface area contributed by atoms with E-state index < -0.39 is 132 Å². The van der Waals surface area contributed by atoms with Gasteiger partial charge in [-0.2, -0.15) is 0 Å². The molecule has 2 aromatic carbocycles. The first-order chi connectivity index (χ1) is 27.9. The average Bonchev–Trinajstić information content (AvgIpc) is 3.19. The summed E-state index contributed by atoms with van der Waals surface area (Å²) in [6, 6.07) is 10.9. The van der Waals surface area contributed by atoms with Crippen LogP contribution in [0.5, 0.6) is 5.75 Å². The number of aromatic nitrogens is 1. The summed E-state index contributed by atoms with van der Waals surface area (Å²) in [6.07, 6.45) is -2.40. The second kappa shape index (κ2) is 23.6. The van der Waals surface area contributed by atoms with Crippen LogP contribution in [-0.4, -0.2) is 84.8 Å². The Morgan fingerprint density at radius 3 is 1.80 bits per heavy atom. The van der Waals surface area contributed by atoms with Crippen LogP contribution >= 0.6 is 0 Å². The van der Waals surface area contributed by atoms with Crippen molar-refractivity contribution in [2.45, 2.75) is 86.2 Å². The number of amides is 2. The highest BCUT2D eigenvalue weighted by atomic mass is 19.1. The minimum Gasteiger partial charge on any atom is -0.480 e. The number of ketones is 4. The SMILES string of the molecule is C.COC(=O)C[C@H](CC(=O)[C@H](C)NC(=O)[C@@H](CC(=O)[C@H](CC(=O)OC)NC(=O)[C@@H](CC(=O)c1ccc2ccccc2n1)C(C)C)C(C)C)C(=O)COc1c(F)cccc1F. The van der Waals surface area contributed by atoms with Gasteiger partial charge in [0, 0.05) is 42.4 Å². The van der Waals surface area contributed by atoms with Crippen molar-refractivity contribution in [2.24, 2.45) is 29.6 Å². The van der Waals surface area contributed by atoms with Gasteiger partial charge in [-0.1, -0.05) is 65.5 Å². The Bertz CT molecular complexity index is 2020. The molecule has 326 valence electrons. The Morgan fingerprint density at radius 1 is 0.633 bits per heavy atom. The third-order valence-corrected chi connectivity index (χ3v) is 9.96. The fourth-order valence-corrected chi connectivity index (χ4v) is 6.21. The number of benzene rings is 2. The largest absolute Gasteiger partial charge is 0.480 e. The zero-order valence-electron chi connectivity index (χ0n) is 34.2. The molecule has 1 heterocycles. The van der Waals surface area contributed by atoms with Crippen LogP contribution in [-0.2, 0) is 43.0 Å². The highest BCUT2D eigenvalue weighted by Crippen LogP contribution is 2.24. The first-order valence-corrected chi connectivity index (χ1v) is 19.1. The maximum absolute atomic E-state index is 14.1. The first kappa shape index (κ1) is 50.2. The smallest absolute Gasteiger partial charge is 0.308 e. The van der Waals surface area contributed by atoms with Crippen molar-refractivity contribution in [1.29, 1.82) is 0 Å². The van der Waals surface area contributed by atoms with E-state index in [0.29, 0.717) is 5.52 Å². The number of hydrogen-bond donors (Lipinski definition) is 2. The standard InChI is InChI=1S/C43H51F2N3O11.CH4/c1-23(2)28(42(55)46-25(5)35(49)17-27(18-39(53)57-6)38(52)22-59-41-30(44)12-10-13-31(41)45)20-37(51)34(21-40(54)58-7)48-43(56)29(24(3)4)19-36(50)33-16-15-26-11-8-9-14-32(26)47-33;/h8-16,23-25,27-29,34H,17-22H2,1-7H3,(H,46,55)(H,48,56);1H4/t25-,27-,28-,29-,34-;/m0./s1. The molecule has 14 nitrogen and oxygen atoms in total.